The standard InChI is InChI=1S/C20H19ClN2O4S/c1-11-13(21)6-5-8-14(11)22-19(25)12(2)27-18(24)10-17-20(26)23-15-7-3-4-9-16(15)28-17/h3-9,12,17H,10H2,1-2H3,(H,22,25)(H,23,26)/t12-,17+/m0/s1. The Morgan fingerprint density at radius 2 is 2.00 bits per heavy atom. The average Bonchev–Trinajstić information content (AvgIpc) is 2.66. The van der Waals surface area contributed by atoms with Crippen molar-refractivity contribution < 1.29 is 19.1 Å². The summed E-state index contributed by atoms with van der Waals surface area (Å²) in [5.41, 5.74) is 2.01. The monoisotopic (exact) mass is 418 g/mol. The highest BCUT2D eigenvalue weighted by molar-refractivity contribution is 8.01. The molecule has 0 spiro atoms. The Kier molecular flexibility index (Phi) is 6.26. The van der Waals surface area contributed by atoms with Crippen molar-refractivity contribution in [3.63, 3.8) is 0 Å². The lowest BCUT2D eigenvalue weighted by atomic mass is 10.2. The molecule has 6 nitrogen and oxygen atoms in total. The van der Waals surface area contributed by atoms with E-state index in [1.54, 1.807) is 31.2 Å². The lowest BCUT2D eigenvalue weighted by molar-refractivity contribution is -0.153. The smallest absolute Gasteiger partial charge is 0.308 e. The van der Waals surface area contributed by atoms with Gasteiger partial charge in [-0.1, -0.05) is 29.8 Å². The Bertz CT molecular complexity index is 934. The number of para-hydroxylation sites is 1. The molecule has 146 valence electrons. The van der Waals surface area contributed by atoms with Gasteiger partial charge in [-0.25, -0.2) is 0 Å². The average molecular weight is 419 g/mol. The van der Waals surface area contributed by atoms with Crippen molar-refractivity contribution in [1.82, 2.24) is 0 Å². The molecule has 2 aromatic rings. The highest BCUT2D eigenvalue weighted by Gasteiger charge is 2.30. The minimum atomic E-state index is -1.00. The molecule has 0 bridgehead atoms. The lowest BCUT2D eigenvalue weighted by Crippen LogP contribution is -2.34. The van der Waals surface area contributed by atoms with Gasteiger partial charge in [0.1, 0.15) is 0 Å². The summed E-state index contributed by atoms with van der Waals surface area (Å²) in [5, 5.41) is 5.40. The number of rotatable bonds is 5. The van der Waals surface area contributed by atoms with Crippen molar-refractivity contribution in [1.29, 1.82) is 0 Å². The third kappa shape index (κ3) is 4.66. The minimum Gasteiger partial charge on any atom is -0.452 e. The summed E-state index contributed by atoms with van der Waals surface area (Å²) < 4.78 is 5.22. The number of fused-ring (bicyclic) bond motifs is 1. The lowest BCUT2D eigenvalue weighted by Gasteiger charge is -2.23. The Balaban J connectivity index is 1.56. The van der Waals surface area contributed by atoms with Crippen LogP contribution in [0, 0.1) is 6.92 Å². The second kappa shape index (κ2) is 8.67. The van der Waals surface area contributed by atoms with Gasteiger partial charge in [0.25, 0.3) is 5.91 Å². The number of carbonyl (C=O) groups excluding carboxylic acids is 3. The fourth-order valence-electron chi connectivity index (χ4n) is 2.65. The molecule has 2 aromatic carbocycles. The van der Waals surface area contributed by atoms with Crippen LogP contribution >= 0.6 is 23.4 Å². The molecule has 0 saturated heterocycles. The van der Waals surface area contributed by atoms with E-state index in [0.29, 0.717) is 10.7 Å². The van der Waals surface area contributed by atoms with Crippen LogP contribution in [0.4, 0.5) is 11.4 Å². The molecule has 28 heavy (non-hydrogen) atoms. The molecule has 1 aliphatic heterocycles. The molecule has 0 fully saturated rings. The van der Waals surface area contributed by atoms with Crippen LogP contribution in [-0.4, -0.2) is 29.1 Å². The van der Waals surface area contributed by atoms with Crippen LogP contribution in [0.3, 0.4) is 0 Å². The third-order valence-corrected chi connectivity index (χ3v) is 5.95. The van der Waals surface area contributed by atoms with Gasteiger partial charge < -0.3 is 15.4 Å². The van der Waals surface area contributed by atoms with Crippen molar-refractivity contribution in [2.45, 2.75) is 36.5 Å². The van der Waals surface area contributed by atoms with E-state index in [2.05, 4.69) is 10.6 Å². The van der Waals surface area contributed by atoms with Crippen LogP contribution in [0.1, 0.15) is 18.9 Å². The Labute approximate surface area is 172 Å². The molecule has 0 saturated carbocycles. The highest BCUT2D eigenvalue weighted by Crippen LogP contribution is 2.36. The number of esters is 1. The van der Waals surface area contributed by atoms with E-state index < -0.39 is 23.2 Å². The first-order valence-corrected chi connectivity index (χ1v) is 9.93. The number of thioether (sulfide) groups is 1. The summed E-state index contributed by atoms with van der Waals surface area (Å²) >= 11 is 7.35. The van der Waals surface area contributed by atoms with Crippen LogP contribution in [0.5, 0.6) is 0 Å². The first kappa shape index (κ1) is 20.2. The zero-order chi connectivity index (χ0) is 20.3. The maximum Gasteiger partial charge on any atom is 0.308 e. The molecule has 0 aromatic heterocycles. The summed E-state index contributed by atoms with van der Waals surface area (Å²) in [6.07, 6.45) is -1.13. The van der Waals surface area contributed by atoms with Crippen molar-refractivity contribution in [3.8, 4) is 0 Å². The molecular formula is C20H19ClN2O4S. The molecular weight excluding hydrogens is 400 g/mol. The van der Waals surface area contributed by atoms with Gasteiger partial charge in [0, 0.05) is 15.6 Å². The topological polar surface area (TPSA) is 84.5 Å². The Morgan fingerprint density at radius 1 is 1.25 bits per heavy atom. The van der Waals surface area contributed by atoms with Crippen molar-refractivity contribution in [2.24, 2.45) is 0 Å². The number of anilines is 2. The number of benzene rings is 2. The van der Waals surface area contributed by atoms with E-state index in [4.69, 9.17) is 16.3 Å². The number of halogens is 1. The number of amides is 2. The number of ether oxygens (including phenoxy) is 1. The second-order valence-corrected chi connectivity index (χ2v) is 7.98. The predicted molar refractivity (Wildman–Crippen MR) is 110 cm³/mol. The molecule has 2 atom stereocenters. The summed E-state index contributed by atoms with van der Waals surface area (Å²) in [5.74, 6) is -1.34. The third-order valence-electron chi connectivity index (χ3n) is 4.26. The van der Waals surface area contributed by atoms with E-state index in [9.17, 15) is 14.4 Å². The predicted octanol–water partition coefficient (Wildman–Crippen LogP) is 4.02. The minimum absolute atomic E-state index is 0.126. The van der Waals surface area contributed by atoms with Gasteiger partial charge in [0.15, 0.2) is 6.10 Å². The zero-order valence-corrected chi connectivity index (χ0v) is 16.9. The van der Waals surface area contributed by atoms with E-state index in [1.807, 2.05) is 18.2 Å². The van der Waals surface area contributed by atoms with Crippen LogP contribution in [-0.2, 0) is 19.1 Å². The maximum absolute atomic E-state index is 12.3. The Hall–Kier alpha value is -2.51. The molecule has 2 N–H and O–H groups in total. The zero-order valence-electron chi connectivity index (χ0n) is 15.3. The maximum atomic E-state index is 12.3. The van der Waals surface area contributed by atoms with E-state index >= 15 is 0 Å². The van der Waals surface area contributed by atoms with Gasteiger partial charge in [-0.2, -0.15) is 0 Å². The fourth-order valence-corrected chi connectivity index (χ4v) is 3.92. The molecule has 1 aliphatic rings. The number of hydrogen-bond acceptors (Lipinski definition) is 5. The summed E-state index contributed by atoms with van der Waals surface area (Å²) in [7, 11) is 0. The van der Waals surface area contributed by atoms with Gasteiger partial charge in [-0.05, 0) is 43.7 Å². The molecule has 2 amide bonds. The Morgan fingerprint density at radius 3 is 2.79 bits per heavy atom. The van der Waals surface area contributed by atoms with Gasteiger partial charge in [0.2, 0.25) is 5.91 Å². The van der Waals surface area contributed by atoms with Gasteiger partial charge in [0.05, 0.1) is 17.4 Å². The van der Waals surface area contributed by atoms with Crippen molar-refractivity contribution in [2.75, 3.05) is 10.6 Å². The largest absolute Gasteiger partial charge is 0.452 e. The van der Waals surface area contributed by atoms with Gasteiger partial charge in [-0.15, -0.1) is 11.8 Å². The van der Waals surface area contributed by atoms with Gasteiger partial charge in [-0.3, -0.25) is 14.4 Å². The number of nitrogens with one attached hydrogen (secondary N) is 2. The van der Waals surface area contributed by atoms with Gasteiger partial charge >= 0.3 is 5.97 Å². The summed E-state index contributed by atoms with van der Waals surface area (Å²) in [6, 6.07) is 12.5. The fraction of sp³-hybridized carbons (Fsp3) is 0.250. The van der Waals surface area contributed by atoms with Crippen LogP contribution in [0.25, 0.3) is 0 Å². The van der Waals surface area contributed by atoms with E-state index in [1.165, 1.54) is 18.7 Å². The van der Waals surface area contributed by atoms with Crippen LogP contribution < -0.4 is 10.6 Å². The molecule has 0 radical (unpaired) electrons. The summed E-state index contributed by atoms with van der Waals surface area (Å²) in [6.45, 7) is 3.27. The summed E-state index contributed by atoms with van der Waals surface area (Å²) in [4.78, 5) is 37.6. The normalized spacial score (nSPS) is 16.5. The van der Waals surface area contributed by atoms with E-state index in [-0.39, 0.29) is 12.3 Å². The van der Waals surface area contributed by atoms with E-state index in [0.717, 1.165) is 16.1 Å². The van der Waals surface area contributed by atoms with Crippen LogP contribution in [0.2, 0.25) is 5.02 Å². The number of carbonyl (C=O) groups is 3. The first-order chi connectivity index (χ1) is 13.3. The SMILES string of the molecule is Cc1c(Cl)cccc1NC(=O)[C@H](C)OC(=O)C[C@H]1Sc2ccccc2NC1=O. The molecule has 3 rings (SSSR count). The second-order valence-electron chi connectivity index (χ2n) is 6.33. The molecule has 1 heterocycles. The van der Waals surface area contributed by atoms with Crippen LogP contribution in [0.15, 0.2) is 47.4 Å². The molecule has 8 heteroatoms. The molecule has 0 unspecified atom stereocenters. The highest BCUT2D eigenvalue weighted by atomic mass is 35.5. The first-order valence-electron chi connectivity index (χ1n) is 8.67. The number of hydrogen-bond donors (Lipinski definition) is 2. The quantitative estimate of drug-likeness (QED) is 0.716. The molecule has 0 aliphatic carbocycles. The van der Waals surface area contributed by atoms with Crippen molar-refractivity contribution >= 4 is 52.5 Å². The van der Waals surface area contributed by atoms with Crippen molar-refractivity contribution in [3.05, 3.63) is 53.1 Å².